The number of hydrogen-bond donors (Lipinski definition) is 2. The van der Waals surface area contributed by atoms with Gasteiger partial charge in [-0.05, 0) is 47.1 Å². The molecule has 2 fully saturated rings. The highest BCUT2D eigenvalue weighted by atomic mass is 16.6. The Morgan fingerprint density at radius 2 is 1.93 bits per heavy atom. The van der Waals surface area contributed by atoms with Crippen molar-refractivity contribution in [3.05, 3.63) is 0 Å². The van der Waals surface area contributed by atoms with Crippen molar-refractivity contribution < 1.29 is 9.53 Å². The SMILES string of the molecule is CN=C(NCCN(C)C1CCCCC1)N1CCC(NC(=O)OC(C)(C)C)C1. The van der Waals surface area contributed by atoms with Gasteiger partial charge in [-0.3, -0.25) is 4.99 Å². The summed E-state index contributed by atoms with van der Waals surface area (Å²) in [7, 11) is 4.05. The Bertz CT molecular complexity index is 497. The Balaban J connectivity index is 1.70. The summed E-state index contributed by atoms with van der Waals surface area (Å²) >= 11 is 0. The van der Waals surface area contributed by atoms with E-state index in [1.165, 1.54) is 32.1 Å². The second-order valence-electron chi connectivity index (χ2n) is 8.82. The summed E-state index contributed by atoms with van der Waals surface area (Å²) in [6.45, 7) is 9.20. The predicted octanol–water partition coefficient (Wildman–Crippen LogP) is 2.43. The molecule has 0 spiro atoms. The molecule has 156 valence electrons. The predicted molar refractivity (Wildman–Crippen MR) is 110 cm³/mol. The van der Waals surface area contributed by atoms with Crippen LogP contribution in [0.25, 0.3) is 0 Å². The van der Waals surface area contributed by atoms with E-state index in [0.29, 0.717) is 0 Å². The number of guanidine groups is 1. The van der Waals surface area contributed by atoms with Crippen LogP contribution in [0.2, 0.25) is 0 Å². The standard InChI is InChI=1S/C20H39N5O2/c1-20(2,3)27-19(26)23-16-11-13-25(15-16)18(21-4)22-12-14-24(5)17-9-7-6-8-10-17/h16-17H,6-15H2,1-5H3,(H,21,22)(H,23,26). The zero-order valence-electron chi connectivity index (χ0n) is 17.9. The Morgan fingerprint density at radius 1 is 1.22 bits per heavy atom. The summed E-state index contributed by atoms with van der Waals surface area (Å²) in [5.41, 5.74) is -0.468. The summed E-state index contributed by atoms with van der Waals surface area (Å²) < 4.78 is 5.35. The van der Waals surface area contributed by atoms with Crippen LogP contribution >= 0.6 is 0 Å². The molecule has 1 amide bonds. The lowest BCUT2D eigenvalue weighted by atomic mass is 9.94. The van der Waals surface area contributed by atoms with E-state index >= 15 is 0 Å². The van der Waals surface area contributed by atoms with Gasteiger partial charge in [-0.15, -0.1) is 0 Å². The van der Waals surface area contributed by atoms with Gasteiger partial charge >= 0.3 is 6.09 Å². The first-order valence-corrected chi connectivity index (χ1v) is 10.4. The highest BCUT2D eigenvalue weighted by molar-refractivity contribution is 5.80. The van der Waals surface area contributed by atoms with Gasteiger partial charge in [-0.1, -0.05) is 19.3 Å². The van der Waals surface area contributed by atoms with Crippen molar-refractivity contribution in [3.8, 4) is 0 Å². The van der Waals surface area contributed by atoms with Crippen molar-refractivity contribution >= 4 is 12.1 Å². The Hall–Kier alpha value is -1.50. The van der Waals surface area contributed by atoms with E-state index in [9.17, 15) is 4.79 Å². The number of ether oxygens (including phenoxy) is 1. The molecular formula is C20H39N5O2. The number of likely N-dealkylation sites (N-methyl/N-ethyl adjacent to an activating group) is 1. The zero-order valence-corrected chi connectivity index (χ0v) is 17.9. The summed E-state index contributed by atoms with van der Waals surface area (Å²) in [5.74, 6) is 0.917. The smallest absolute Gasteiger partial charge is 0.407 e. The summed E-state index contributed by atoms with van der Waals surface area (Å²) in [5, 5.41) is 6.45. The number of alkyl carbamates (subject to hydrolysis) is 1. The van der Waals surface area contributed by atoms with Gasteiger partial charge in [0.05, 0.1) is 6.04 Å². The molecule has 2 N–H and O–H groups in total. The minimum absolute atomic E-state index is 0.100. The number of nitrogens with one attached hydrogen (secondary N) is 2. The van der Waals surface area contributed by atoms with Crippen LogP contribution in [-0.4, -0.2) is 79.8 Å². The normalized spacial score (nSPS) is 22.2. The number of likely N-dealkylation sites (tertiary alicyclic amines) is 1. The highest BCUT2D eigenvalue weighted by Crippen LogP contribution is 2.21. The summed E-state index contributed by atoms with van der Waals surface area (Å²) in [4.78, 5) is 21.1. The number of rotatable bonds is 5. The van der Waals surface area contributed by atoms with E-state index in [2.05, 4.69) is 32.5 Å². The Morgan fingerprint density at radius 3 is 2.56 bits per heavy atom. The van der Waals surface area contributed by atoms with Gasteiger partial charge in [-0.25, -0.2) is 4.79 Å². The lowest BCUT2D eigenvalue weighted by Gasteiger charge is -2.31. The van der Waals surface area contributed by atoms with Gasteiger partial charge in [-0.2, -0.15) is 0 Å². The monoisotopic (exact) mass is 381 g/mol. The first kappa shape index (κ1) is 21.8. The molecule has 0 radical (unpaired) electrons. The summed E-state index contributed by atoms with van der Waals surface area (Å²) in [6, 6.07) is 0.833. The molecule has 27 heavy (non-hydrogen) atoms. The molecule has 2 aliphatic rings. The van der Waals surface area contributed by atoms with Crippen LogP contribution < -0.4 is 10.6 Å². The maximum atomic E-state index is 12.0. The van der Waals surface area contributed by atoms with Crippen LogP contribution in [-0.2, 0) is 4.74 Å². The molecule has 1 saturated heterocycles. The van der Waals surface area contributed by atoms with E-state index in [1.54, 1.807) is 0 Å². The molecule has 1 saturated carbocycles. The molecule has 0 aromatic rings. The summed E-state index contributed by atoms with van der Waals surface area (Å²) in [6.07, 6.45) is 7.34. The molecule has 0 aromatic carbocycles. The minimum Gasteiger partial charge on any atom is -0.444 e. The van der Waals surface area contributed by atoms with E-state index in [1.807, 2.05) is 27.8 Å². The van der Waals surface area contributed by atoms with E-state index in [0.717, 1.165) is 44.6 Å². The van der Waals surface area contributed by atoms with Gasteiger partial charge in [0.2, 0.25) is 0 Å². The lowest BCUT2D eigenvalue weighted by molar-refractivity contribution is 0.0507. The molecule has 1 aliphatic carbocycles. The average molecular weight is 382 g/mol. The Kier molecular flexibility index (Phi) is 8.20. The van der Waals surface area contributed by atoms with Crippen molar-refractivity contribution in [3.63, 3.8) is 0 Å². The number of hydrogen-bond acceptors (Lipinski definition) is 4. The number of amides is 1. The molecule has 0 bridgehead atoms. The average Bonchev–Trinajstić information content (AvgIpc) is 3.05. The molecule has 2 rings (SSSR count). The van der Waals surface area contributed by atoms with Gasteiger partial charge in [0, 0.05) is 39.3 Å². The fourth-order valence-corrected chi connectivity index (χ4v) is 3.93. The van der Waals surface area contributed by atoms with Gasteiger partial charge < -0.3 is 25.2 Å². The van der Waals surface area contributed by atoms with Crippen molar-refractivity contribution in [2.45, 2.75) is 77.0 Å². The Labute approximate surface area is 164 Å². The molecule has 7 heteroatoms. The van der Waals surface area contributed by atoms with Crippen LogP contribution in [0.4, 0.5) is 4.79 Å². The number of aliphatic imine (C=N–C) groups is 1. The van der Waals surface area contributed by atoms with Gasteiger partial charge in [0.1, 0.15) is 5.60 Å². The van der Waals surface area contributed by atoms with E-state index in [-0.39, 0.29) is 12.1 Å². The second-order valence-corrected chi connectivity index (χ2v) is 8.82. The third kappa shape index (κ3) is 7.56. The first-order valence-electron chi connectivity index (χ1n) is 10.4. The van der Waals surface area contributed by atoms with Gasteiger partial charge in [0.25, 0.3) is 0 Å². The molecule has 1 aliphatic heterocycles. The number of nitrogens with zero attached hydrogens (tertiary/aromatic N) is 3. The van der Waals surface area contributed by atoms with Crippen LogP contribution in [0, 0.1) is 0 Å². The van der Waals surface area contributed by atoms with Crippen molar-refractivity contribution in [1.82, 2.24) is 20.4 Å². The first-order chi connectivity index (χ1) is 12.8. The maximum Gasteiger partial charge on any atom is 0.407 e. The fourth-order valence-electron chi connectivity index (χ4n) is 3.93. The molecule has 1 unspecified atom stereocenters. The van der Waals surface area contributed by atoms with Crippen molar-refractivity contribution in [2.75, 3.05) is 40.3 Å². The zero-order chi connectivity index (χ0) is 19.9. The third-order valence-corrected chi connectivity index (χ3v) is 5.37. The fraction of sp³-hybridized carbons (Fsp3) is 0.900. The third-order valence-electron chi connectivity index (χ3n) is 5.37. The molecule has 0 aromatic heterocycles. The number of carbonyl (C=O) groups is 1. The number of carbonyl (C=O) groups excluding carboxylic acids is 1. The molecule has 1 atom stereocenters. The molecule has 1 heterocycles. The maximum absolute atomic E-state index is 12.0. The van der Waals surface area contributed by atoms with Gasteiger partial charge in [0.15, 0.2) is 5.96 Å². The van der Waals surface area contributed by atoms with Crippen LogP contribution in [0.5, 0.6) is 0 Å². The van der Waals surface area contributed by atoms with E-state index < -0.39 is 5.60 Å². The highest BCUT2D eigenvalue weighted by Gasteiger charge is 2.28. The molecular weight excluding hydrogens is 342 g/mol. The van der Waals surface area contributed by atoms with Crippen LogP contribution in [0.3, 0.4) is 0 Å². The topological polar surface area (TPSA) is 69.2 Å². The van der Waals surface area contributed by atoms with Crippen molar-refractivity contribution in [1.29, 1.82) is 0 Å². The van der Waals surface area contributed by atoms with Crippen LogP contribution in [0.15, 0.2) is 4.99 Å². The second kappa shape index (κ2) is 10.2. The minimum atomic E-state index is -0.468. The lowest BCUT2D eigenvalue weighted by Crippen LogP contribution is -2.46. The largest absolute Gasteiger partial charge is 0.444 e. The quantitative estimate of drug-likeness (QED) is 0.565. The van der Waals surface area contributed by atoms with E-state index in [4.69, 9.17) is 4.74 Å². The van der Waals surface area contributed by atoms with Crippen molar-refractivity contribution in [2.24, 2.45) is 4.99 Å². The van der Waals surface area contributed by atoms with Crippen LogP contribution in [0.1, 0.15) is 59.3 Å². The molecule has 7 nitrogen and oxygen atoms in total.